The maximum Gasteiger partial charge on any atom is 0.387 e. The van der Waals surface area contributed by atoms with E-state index in [0.717, 1.165) is 0 Å². The van der Waals surface area contributed by atoms with Crippen LogP contribution in [0.3, 0.4) is 0 Å². The van der Waals surface area contributed by atoms with Crippen LogP contribution in [0.4, 0.5) is 14.5 Å². The average molecular weight is 376 g/mol. The van der Waals surface area contributed by atoms with Gasteiger partial charge in [0.05, 0.1) is 23.1 Å². The molecule has 0 fully saturated rings. The molecule has 0 aliphatic heterocycles. The van der Waals surface area contributed by atoms with Crippen LogP contribution in [-0.2, 0) is 4.79 Å². The fourth-order valence-corrected chi connectivity index (χ4v) is 2.22. The number of halogens is 4. The molecule has 0 aliphatic rings. The number of nitrogens with one attached hydrogen (secondary N) is 1. The van der Waals surface area contributed by atoms with Crippen molar-refractivity contribution in [2.24, 2.45) is 0 Å². The van der Waals surface area contributed by atoms with Gasteiger partial charge in [0.2, 0.25) is 5.91 Å². The van der Waals surface area contributed by atoms with Crippen LogP contribution in [0.15, 0.2) is 42.5 Å². The number of alkyl halides is 2. The van der Waals surface area contributed by atoms with Crippen molar-refractivity contribution in [3.05, 3.63) is 52.5 Å². The number of amides is 1. The number of para-hydroxylation sites is 1. The largest absolute Gasteiger partial charge is 0.491 e. The van der Waals surface area contributed by atoms with Gasteiger partial charge in [0.1, 0.15) is 11.5 Å². The highest BCUT2D eigenvalue weighted by Gasteiger charge is 2.10. The summed E-state index contributed by atoms with van der Waals surface area (Å²) >= 11 is 11.7. The molecule has 0 atom stereocenters. The number of hydrogen-bond acceptors (Lipinski definition) is 3. The minimum Gasteiger partial charge on any atom is -0.491 e. The van der Waals surface area contributed by atoms with Crippen molar-refractivity contribution >= 4 is 34.8 Å². The zero-order valence-corrected chi connectivity index (χ0v) is 13.8. The van der Waals surface area contributed by atoms with Crippen molar-refractivity contribution in [1.82, 2.24) is 0 Å². The Bertz CT molecular complexity index is 713. The van der Waals surface area contributed by atoms with Crippen molar-refractivity contribution in [3.63, 3.8) is 0 Å². The quantitative estimate of drug-likeness (QED) is 0.740. The van der Waals surface area contributed by atoms with Gasteiger partial charge in [-0.15, -0.1) is 0 Å². The van der Waals surface area contributed by atoms with Gasteiger partial charge in [0.25, 0.3) is 0 Å². The highest BCUT2D eigenvalue weighted by Crippen LogP contribution is 2.29. The van der Waals surface area contributed by atoms with Crippen LogP contribution in [-0.4, -0.2) is 19.1 Å². The molecule has 0 heterocycles. The fraction of sp³-hybridized carbons (Fsp3) is 0.188. The summed E-state index contributed by atoms with van der Waals surface area (Å²) in [5, 5.41) is 3.02. The maximum absolute atomic E-state index is 12.1. The molecule has 2 rings (SSSR count). The molecule has 128 valence electrons. The summed E-state index contributed by atoms with van der Waals surface area (Å²) < 4.78 is 33.9. The summed E-state index contributed by atoms with van der Waals surface area (Å²) in [5.41, 5.74) is 0.365. The Morgan fingerprint density at radius 1 is 1.08 bits per heavy atom. The summed E-state index contributed by atoms with van der Waals surface area (Å²) in [5.74, 6) is 0.0101. The topological polar surface area (TPSA) is 47.6 Å². The monoisotopic (exact) mass is 375 g/mol. The first-order valence-corrected chi connectivity index (χ1v) is 7.63. The Hall–Kier alpha value is -2.05. The number of carbonyl (C=O) groups is 1. The van der Waals surface area contributed by atoms with Crippen LogP contribution in [0.5, 0.6) is 11.5 Å². The Morgan fingerprint density at radius 3 is 2.50 bits per heavy atom. The van der Waals surface area contributed by atoms with Crippen LogP contribution in [0.25, 0.3) is 0 Å². The lowest BCUT2D eigenvalue weighted by atomic mass is 10.3. The molecular weight excluding hydrogens is 363 g/mol. The van der Waals surface area contributed by atoms with Crippen molar-refractivity contribution in [2.45, 2.75) is 13.0 Å². The van der Waals surface area contributed by atoms with Crippen molar-refractivity contribution in [1.29, 1.82) is 0 Å². The van der Waals surface area contributed by atoms with E-state index in [4.69, 9.17) is 27.9 Å². The number of anilines is 1. The fourth-order valence-electron chi connectivity index (χ4n) is 1.81. The number of rotatable bonds is 7. The van der Waals surface area contributed by atoms with E-state index in [9.17, 15) is 13.6 Å². The molecule has 0 aliphatic carbocycles. The molecular formula is C16H13Cl2F2NO3. The first-order chi connectivity index (χ1) is 11.5. The van der Waals surface area contributed by atoms with E-state index in [1.54, 1.807) is 24.3 Å². The third-order valence-electron chi connectivity index (χ3n) is 2.86. The Balaban J connectivity index is 1.84. The second-order valence-corrected chi connectivity index (χ2v) is 5.42. The molecule has 0 radical (unpaired) electrons. The summed E-state index contributed by atoms with van der Waals surface area (Å²) in [6.07, 6.45) is 0.0815. The lowest BCUT2D eigenvalue weighted by Gasteiger charge is -2.10. The molecule has 0 aromatic heterocycles. The van der Waals surface area contributed by atoms with Crippen LogP contribution in [0.1, 0.15) is 6.42 Å². The summed E-state index contributed by atoms with van der Waals surface area (Å²) in [7, 11) is 0. The first kappa shape index (κ1) is 18.3. The summed E-state index contributed by atoms with van der Waals surface area (Å²) in [6.45, 7) is -2.83. The second-order valence-electron chi connectivity index (χ2n) is 4.60. The number of benzene rings is 2. The highest BCUT2D eigenvalue weighted by molar-refractivity contribution is 6.32. The van der Waals surface area contributed by atoms with Gasteiger partial charge in [-0.05, 0) is 30.3 Å². The maximum atomic E-state index is 12.1. The van der Waals surface area contributed by atoms with E-state index in [0.29, 0.717) is 16.5 Å². The van der Waals surface area contributed by atoms with Crippen molar-refractivity contribution in [3.8, 4) is 11.5 Å². The molecule has 0 saturated heterocycles. The molecule has 4 nitrogen and oxygen atoms in total. The van der Waals surface area contributed by atoms with E-state index in [1.807, 2.05) is 0 Å². The summed E-state index contributed by atoms with van der Waals surface area (Å²) in [6, 6.07) is 10.9. The molecule has 8 heteroatoms. The molecule has 0 spiro atoms. The van der Waals surface area contributed by atoms with Gasteiger partial charge < -0.3 is 14.8 Å². The first-order valence-electron chi connectivity index (χ1n) is 6.87. The van der Waals surface area contributed by atoms with Gasteiger partial charge in [-0.3, -0.25) is 4.79 Å². The van der Waals surface area contributed by atoms with Gasteiger partial charge in [-0.2, -0.15) is 8.78 Å². The van der Waals surface area contributed by atoms with Crippen LogP contribution in [0.2, 0.25) is 10.0 Å². The van der Waals surface area contributed by atoms with E-state index < -0.39 is 6.61 Å². The Kier molecular flexibility index (Phi) is 6.63. The van der Waals surface area contributed by atoms with Gasteiger partial charge in [0.15, 0.2) is 0 Å². The van der Waals surface area contributed by atoms with Crippen LogP contribution in [0, 0.1) is 0 Å². The normalized spacial score (nSPS) is 10.5. The predicted octanol–water partition coefficient (Wildman–Crippen LogP) is 5.00. The minimum absolute atomic E-state index is 0.0274. The van der Waals surface area contributed by atoms with Crippen molar-refractivity contribution in [2.75, 3.05) is 11.9 Å². The van der Waals surface area contributed by atoms with Gasteiger partial charge in [0, 0.05) is 5.69 Å². The SMILES string of the molecule is O=C(CCOc1ccccc1Cl)Nc1ccc(OC(F)F)c(Cl)c1. The minimum atomic E-state index is -2.97. The van der Waals surface area contributed by atoms with E-state index in [1.165, 1.54) is 18.2 Å². The average Bonchev–Trinajstić information content (AvgIpc) is 2.51. The van der Waals surface area contributed by atoms with Crippen LogP contribution < -0.4 is 14.8 Å². The highest BCUT2D eigenvalue weighted by atomic mass is 35.5. The van der Waals surface area contributed by atoms with Gasteiger partial charge in [-0.1, -0.05) is 35.3 Å². The van der Waals surface area contributed by atoms with Gasteiger partial charge >= 0.3 is 6.61 Å². The molecule has 0 unspecified atom stereocenters. The molecule has 24 heavy (non-hydrogen) atoms. The number of hydrogen-bond donors (Lipinski definition) is 1. The second kappa shape index (κ2) is 8.70. The molecule has 1 amide bonds. The van der Waals surface area contributed by atoms with E-state index in [-0.39, 0.29) is 29.7 Å². The molecule has 2 aromatic carbocycles. The predicted molar refractivity (Wildman–Crippen MR) is 88.3 cm³/mol. The molecule has 2 aromatic rings. The lowest BCUT2D eigenvalue weighted by Crippen LogP contribution is -2.15. The zero-order valence-electron chi connectivity index (χ0n) is 12.3. The molecule has 1 N–H and O–H groups in total. The molecule has 0 bridgehead atoms. The number of carbonyl (C=O) groups excluding carboxylic acids is 1. The summed E-state index contributed by atoms with van der Waals surface area (Å²) in [4.78, 5) is 11.8. The standard InChI is InChI=1S/C16H13Cl2F2NO3/c17-11-3-1-2-4-13(11)23-8-7-15(22)21-10-5-6-14(12(18)9-10)24-16(19)20/h1-6,9,16H,7-8H2,(H,21,22). The van der Waals surface area contributed by atoms with E-state index >= 15 is 0 Å². The third-order valence-corrected chi connectivity index (χ3v) is 3.46. The van der Waals surface area contributed by atoms with Gasteiger partial charge in [-0.25, -0.2) is 0 Å². The van der Waals surface area contributed by atoms with Crippen LogP contribution >= 0.6 is 23.2 Å². The lowest BCUT2D eigenvalue weighted by molar-refractivity contribution is -0.116. The third kappa shape index (κ3) is 5.54. The Labute approximate surface area is 147 Å². The van der Waals surface area contributed by atoms with Crippen molar-refractivity contribution < 1.29 is 23.0 Å². The Morgan fingerprint density at radius 2 is 1.83 bits per heavy atom. The zero-order chi connectivity index (χ0) is 17.5. The molecule has 0 saturated carbocycles. The number of ether oxygens (including phenoxy) is 2. The smallest absolute Gasteiger partial charge is 0.387 e. The van der Waals surface area contributed by atoms with E-state index in [2.05, 4.69) is 10.1 Å².